The molecule has 0 N–H and O–H groups in total. The van der Waals surface area contributed by atoms with Crippen LogP contribution in [0.25, 0.3) is 11.1 Å². The molecule has 50 heavy (non-hydrogen) atoms. The lowest BCUT2D eigenvalue weighted by Crippen LogP contribution is -2.12. The molecule has 0 atom stereocenters. The van der Waals surface area contributed by atoms with Crippen LogP contribution >= 0.6 is 0 Å². The van der Waals surface area contributed by atoms with Crippen molar-refractivity contribution in [2.45, 2.75) is 57.8 Å². The minimum Gasteiger partial charge on any atom is -0.494 e. The fourth-order valence-electron chi connectivity index (χ4n) is 4.62. The first-order chi connectivity index (χ1) is 24.3. The number of methoxy groups -OCH3 is 1. The van der Waals surface area contributed by atoms with Crippen LogP contribution in [0.3, 0.4) is 0 Å². The van der Waals surface area contributed by atoms with E-state index in [1.54, 1.807) is 36.4 Å². The SMILES string of the molecule is C=CC(=O)OCCCCCCOc1ccc(-c2ccc(OC(=O)c3ccc(OCCCCCCOC(=O)C(=C)CC(=O)OC)cc3)cc2)cc1. The van der Waals surface area contributed by atoms with Crippen molar-refractivity contribution in [3.05, 3.63) is 103 Å². The Morgan fingerprint density at radius 2 is 1.06 bits per heavy atom. The predicted octanol–water partition coefficient (Wildman–Crippen LogP) is 7.84. The summed E-state index contributed by atoms with van der Waals surface area (Å²) in [5.41, 5.74) is 2.49. The van der Waals surface area contributed by atoms with Gasteiger partial charge in [-0.15, -0.1) is 0 Å². The molecule has 10 nitrogen and oxygen atoms in total. The van der Waals surface area contributed by atoms with Gasteiger partial charge in [0.05, 0.1) is 45.5 Å². The summed E-state index contributed by atoms with van der Waals surface area (Å²) in [6.07, 6.45) is 7.96. The number of unbranched alkanes of at least 4 members (excludes halogenated alkanes) is 6. The Bertz CT molecular complexity index is 1530. The number of hydrogen-bond acceptors (Lipinski definition) is 10. The maximum absolute atomic E-state index is 12.7. The van der Waals surface area contributed by atoms with E-state index in [9.17, 15) is 19.2 Å². The Kier molecular flexibility index (Phi) is 17.4. The van der Waals surface area contributed by atoms with Gasteiger partial charge < -0.3 is 28.4 Å². The number of carbonyl (C=O) groups excluding carboxylic acids is 4. The number of esters is 4. The van der Waals surface area contributed by atoms with Crippen LogP contribution in [0.5, 0.6) is 17.2 Å². The van der Waals surface area contributed by atoms with Crippen LogP contribution < -0.4 is 14.2 Å². The van der Waals surface area contributed by atoms with E-state index in [0.29, 0.717) is 43.3 Å². The highest BCUT2D eigenvalue weighted by Crippen LogP contribution is 2.25. The van der Waals surface area contributed by atoms with Crippen molar-refractivity contribution >= 4 is 23.9 Å². The molecule has 3 aromatic carbocycles. The summed E-state index contributed by atoms with van der Waals surface area (Å²) in [4.78, 5) is 46.7. The molecule has 0 aliphatic rings. The first-order valence-corrected chi connectivity index (χ1v) is 16.8. The Labute approximate surface area is 294 Å². The predicted molar refractivity (Wildman–Crippen MR) is 189 cm³/mol. The maximum Gasteiger partial charge on any atom is 0.343 e. The average Bonchev–Trinajstić information content (AvgIpc) is 3.14. The van der Waals surface area contributed by atoms with Gasteiger partial charge in [0.15, 0.2) is 0 Å². The first kappa shape index (κ1) is 39.1. The van der Waals surface area contributed by atoms with E-state index >= 15 is 0 Å². The summed E-state index contributed by atoms with van der Waals surface area (Å²) >= 11 is 0. The van der Waals surface area contributed by atoms with E-state index in [-0.39, 0.29) is 24.6 Å². The van der Waals surface area contributed by atoms with Crippen LogP contribution in [0.1, 0.15) is 68.1 Å². The lowest BCUT2D eigenvalue weighted by atomic mass is 10.1. The fourth-order valence-corrected chi connectivity index (χ4v) is 4.62. The molecule has 0 heterocycles. The van der Waals surface area contributed by atoms with Crippen molar-refractivity contribution in [2.24, 2.45) is 0 Å². The zero-order valence-corrected chi connectivity index (χ0v) is 28.7. The second kappa shape index (κ2) is 22.3. The van der Waals surface area contributed by atoms with Crippen molar-refractivity contribution in [3.63, 3.8) is 0 Å². The molecule has 0 saturated carbocycles. The van der Waals surface area contributed by atoms with Crippen molar-refractivity contribution in [1.29, 1.82) is 0 Å². The topological polar surface area (TPSA) is 124 Å². The summed E-state index contributed by atoms with van der Waals surface area (Å²) in [5.74, 6) is -0.0689. The van der Waals surface area contributed by atoms with Gasteiger partial charge in [0.1, 0.15) is 17.2 Å². The van der Waals surface area contributed by atoms with Gasteiger partial charge in [0.25, 0.3) is 0 Å². The molecular formula is C40H46O10. The third-order valence-electron chi connectivity index (χ3n) is 7.48. The highest BCUT2D eigenvalue weighted by atomic mass is 16.5. The molecule has 3 aromatic rings. The van der Waals surface area contributed by atoms with E-state index in [2.05, 4.69) is 17.9 Å². The Hall–Kier alpha value is -5.38. The molecule has 3 rings (SSSR count). The van der Waals surface area contributed by atoms with Gasteiger partial charge in [-0.05, 0) is 111 Å². The minimum atomic E-state index is -0.586. The molecule has 0 amide bonds. The zero-order chi connectivity index (χ0) is 36.0. The second-order valence-electron chi connectivity index (χ2n) is 11.4. The molecule has 0 unspecified atom stereocenters. The highest BCUT2D eigenvalue weighted by Gasteiger charge is 2.13. The van der Waals surface area contributed by atoms with Gasteiger partial charge in [0.2, 0.25) is 0 Å². The maximum atomic E-state index is 12.7. The molecule has 0 aliphatic heterocycles. The summed E-state index contributed by atoms with van der Waals surface area (Å²) in [7, 11) is 1.25. The van der Waals surface area contributed by atoms with Crippen LogP contribution in [0.4, 0.5) is 0 Å². The summed E-state index contributed by atoms with van der Waals surface area (Å²) in [6, 6.07) is 22.0. The van der Waals surface area contributed by atoms with E-state index in [1.165, 1.54) is 13.2 Å². The Morgan fingerprint density at radius 1 is 0.600 bits per heavy atom. The number of carbonyl (C=O) groups is 4. The van der Waals surface area contributed by atoms with Gasteiger partial charge in [0, 0.05) is 11.6 Å². The standard InChI is InChI=1S/C40H46O10/c1-4-37(41)48-27-11-7-5-9-25-46-34-19-13-31(14-20-34)32-15-23-36(24-16-32)50-40(44)33-17-21-35(22-18-33)47-26-10-6-8-12-28-49-39(43)30(2)29-38(42)45-3/h4,13-24H,1-2,5-12,25-29H2,3H3. The highest BCUT2D eigenvalue weighted by molar-refractivity contribution is 5.93. The van der Waals surface area contributed by atoms with E-state index in [1.807, 2.05) is 36.4 Å². The van der Waals surface area contributed by atoms with Crippen LogP contribution in [0, 0.1) is 0 Å². The van der Waals surface area contributed by atoms with Crippen LogP contribution in [0.2, 0.25) is 0 Å². The quantitative estimate of drug-likeness (QED) is 0.0320. The second-order valence-corrected chi connectivity index (χ2v) is 11.4. The van der Waals surface area contributed by atoms with Gasteiger partial charge in [-0.1, -0.05) is 37.4 Å². The number of benzene rings is 3. The smallest absolute Gasteiger partial charge is 0.343 e. The van der Waals surface area contributed by atoms with Gasteiger partial charge >= 0.3 is 23.9 Å². The molecule has 0 bridgehead atoms. The normalized spacial score (nSPS) is 10.4. The number of ether oxygens (including phenoxy) is 6. The van der Waals surface area contributed by atoms with Crippen molar-refractivity contribution in [1.82, 2.24) is 0 Å². The van der Waals surface area contributed by atoms with Gasteiger partial charge in [-0.25, -0.2) is 14.4 Å². The van der Waals surface area contributed by atoms with Crippen LogP contribution in [0.15, 0.2) is 97.6 Å². The van der Waals surface area contributed by atoms with Crippen molar-refractivity contribution < 1.29 is 47.6 Å². The summed E-state index contributed by atoms with van der Waals surface area (Å²) in [6.45, 7) is 8.73. The number of rotatable bonds is 23. The van der Waals surface area contributed by atoms with E-state index in [4.69, 9.17) is 23.7 Å². The molecule has 0 aliphatic carbocycles. The zero-order valence-electron chi connectivity index (χ0n) is 28.7. The molecule has 0 fully saturated rings. The Morgan fingerprint density at radius 3 is 1.56 bits per heavy atom. The lowest BCUT2D eigenvalue weighted by molar-refractivity contribution is -0.144. The van der Waals surface area contributed by atoms with E-state index < -0.39 is 17.9 Å². The largest absolute Gasteiger partial charge is 0.494 e. The Balaban J connectivity index is 1.29. The van der Waals surface area contributed by atoms with Gasteiger partial charge in [-0.2, -0.15) is 0 Å². The molecule has 266 valence electrons. The number of hydrogen-bond donors (Lipinski definition) is 0. The summed E-state index contributed by atoms with van der Waals surface area (Å²) < 4.78 is 31.8. The molecule has 0 saturated heterocycles. The van der Waals surface area contributed by atoms with Crippen molar-refractivity contribution in [3.8, 4) is 28.4 Å². The summed E-state index contributed by atoms with van der Waals surface area (Å²) in [5, 5.41) is 0. The van der Waals surface area contributed by atoms with Crippen LogP contribution in [-0.4, -0.2) is 57.4 Å². The molecule has 0 radical (unpaired) electrons. The third kappa shape index (κ3) is 14.8. The average molecular weight is 687 g/mol. The first-order valence-electron chi connectivity index (χ1n) is 16.8. The molecular weight excluding hydrogens is 640 g/mol. The van der Waals surface area contributed by atoms with Crippen LogP contribution in [-0.2, 0) is 28.6 Å². The molecule has 0 spiro atoms. The molecule has 0 aromatic heterocycles. The monoisotopic (exact) mass is 686 g/mol. The molecule has 10 heteroatoms. The van der Waals surface area contributed by atoms with E-state index in [0.717, 1.165) is 61.8 Å². The lowest BCUT2D eigenvalue weighted by Gasteiger charge is -2.09. The van der Waals surface area contributed by atoms with Crippen molar-refractivity contribution in [2.75, 3.05) is 33.5 Å². The fraction of sp³-hybridized carbons (Fsp3) is 0.350. The minimum absolute atomic E-state index is 0.0763. The van der Waals surface area contributed by atoms with Gasteiger partial charge in [-0.3, -0.25) is 4.79 Å². The third-order valence-corrected chi connectivity index (χ3v) is 7.48.